The molecule has 0 fully saturated rings. The van der Waals surface area contributed by atoms with Crippen LogP contribution < -0.4 is 16.6 Å². The van der Waals surface area contributed by atoms with Gasteiger partial charge in [-0.2, -0.15) is 0 Å². The Labute approximate surface area is 97.3 Å². The number of anilines is 1. The van der Waals surface area contributed by atoms with Gasteiger partial charge < -0.3 is 11.1 Å². The summed E-state index contributed by atoms with van der Waals surface area (Å²) < 4.78 is 0. The van der Waals surface area contributed by atoms with Crippen molar-refractivity contribution in [1.82, 2.24) is 9.97 Å². The molecule has 0 unspecified atom stereocenters. The van der Waals surface area contributed by atoms with Crippen molar-refractivity contribution in [1.29, 1.82) is 0 Å². The lowest BCUT2D eigenvalue weighted by molar-refractivity contribution is 1.11. The maximum absolute atomic E-state index is 11.2. The molecule has 6 nitrogen and oxygen atoms in total. The fourth-order valence-corrected chi connectivity index (χ4v) is 1.04. The Morgan fingerprint density at radius 1 is 1.75 bits per heavy atom. The van der Waals surface area contributed by atoms with Crippen LogP contribution in [0.1, 0.15) is 6.92 Å². The van der Waals surface area contributed by atoms with Gasteiger partial charge >= 0.3 is 0 Å². The molecule has 0 aliphatic heterocycles. The van der Waals surface area contributed by atoms with E-state index in [4.69, 9.17) is 17.3 Å². The average molecular weight is 242 g/mol. The Hall–Kier alpha value is -1.82. The number of aromatic nitrogens is 2. The fraction of sp³-hybridized carbons (Fsp3) is 0.222. The quantitative estimate of drug-likeness (QED) is 0.680. The number of halogens is 1. The van der Waals surface area contributed by atoms with Gasteiger partial charge in [-0.15, -0.1) is 0 Å². The minimum atomic E-state index is -0.415. The van der Waals surface area contributed by atoms with Gasteiger partial charge in [0, 0.05) is 13.2 Å². The van der Waals surface area contributed by atoms with Crippen molar-refractivity contribution in [2.75, 3.05) is 12.4 Å². The minimum Gasteiger partial charge on any atom is -0.403 e. The highest BCUT2D eigenvalue weighted by atomic mass is 35.5. The maximum Gasteiger partial charge on any atom is 0.271 e. The van der Waals surface area contributed by atoms with Gasteiger partial charge in [-0.25, -0.2) is 4.98 Å². The van der Waals surface area contributed by atoms with Crippen molar-refractivity contribution < 1.29 is 0 Å². The summed E-state index contributed by atoms with van der Waals surface area (Å²) in [6.45, 7) is 1.78. The molecule has 1 aromatic heterocycles. The number of H-pyrrole nitrogens is 1. The Balaban J connectivity index is 2.96. The molecule has 7 heteroatoms. The number of nitrogens with two attached hydrogens (primary N) is 1. The SMILES string of the molecule is CN=C(C)C(=CN)Nc1ncc(Cl)c(=O)[nH]1. The van der Waals surface area contributed by atoms with Gasteiger partial charge in [0.1, 0.15) is 5.02 Å². The fourth-order valence-electron chi connectivity index (χ4n) is 0.944. The third-order valence-corrected chi connectivity index (χ3v) is 2.17. The zero-order chi connectivity index (χ0) is 12.1. The first kappa shape index (κ1) is 12.3. The van der Waals surface area contributed by atoms with E-state index in [2.05, 4.69) is 20.3 Å². The molecule has 0 aromatic carbocycles. The summed E-state index contributed by atoms with van der Waals surface area (Å²) in [6, 6.07) is 0. The predicted octanol–water partition coefficient (Wildman–Crippen LogP) is 0.726. The lowest BCUT2D eigenvalue weighted by Crippen LogP contribution is -2.16. The highest BCUT2D eigenvalue weighted by Crippen LogP contribution is 2.04. The van der Waals surface area contributed by atoms with Crippen LogP contribution in [0.2, 0.25) is 5.02 Å². The Kier molecular flexibility index (Phi) is 4.07. The van der Waals surface area contributed by atoms with Crippen LogP contribution in [0.4, 0.5) is 5.95 Å². The molecule has 0 saturated carbocycles. The predicted molar refractivity (Wildman–Crippen MR) is 64.8 cm³/mol. The zero-order valence-corrected chi connectivity index (χ0v) is 9.67. The van der Waals surface area contributed by atoms with Gasteiger partial charge in [-0.3, -0.25) is 14.8 Å². The molecule has 86 valence electrons. The van der Waals surface area contributed by atoms with Gasteiger partial charge in [0.05, 0.1) is 17.6 Å². The van der Waals surface area contributed by atoms with Crippen molar-refractivity contribution in [2.45, 2.75) is 6.92 Å². The third kappa shape index (κ3) is 2.83. The van der Waals surface area contributed by atoms with Crippen molar-refractivity contribution >= 4 is 23.3 Å². The van der Waals surface area contributed by atoms with Gasteiger partial charge in [-0.05, 0) is 6.92 Å². The summed E-state index contributed by atoms with van der Waals surface area (Å²) in [5.41, 5.74) is 6.26. The van der Waals surface area contributed by atoms with Crippen LogP contribution in [0.3, 0.4) is 0 Å². The van der Waals surface area contributed by atoms with E-state index in [1.165, 1.54) is 12.4 Å². The molecular weight excluding hydrogens is 230 g/mol. The Bertz CT molecular complexity index is 491. The number of aliphatic imine (C=N–C) groups is 1. The molecular formula is C9H12ClN5O. The van der Waals surface area contributed by atoms with Crippen LogP contribution in [0, 0.1) is 0 Å². The number of nitrogens with zero attached hydrogens (tertiary/aromatic N) is 2. The van der Waals surface area contributed by atoms with E-state index in [9.17, 15) is 4.79 Å². The maximum atomic E-state index is 11.2. The summed E-state index contributed by atoms with van der Waals surface area (Å²) in [5, 5.41) is 2.86. The number of aromatic amines is 1. The Morgan fingerprint density at radius 2 is 2.44 bits per heavy atom. The van der Waals surface area contributed by atoms with Crippen molar-refractivity contribution in [3.05, 3.63) is 33.5 Å². The second-order valence-electron chi connectivity index (χ2n) is 2.92. The van der Waals surface area contributed by atoms with E-state index >= 15 is 0 Å². The summed E-state index contributed by atoms with van der Waals surface area (Å²) >= 11 is 5.54. The van der Waals surface area contributed by atoms with Gasteiger partial charge in [-0.1, -0.05) is 11.6 Å². The first-order valence-corrected chi connectivity index (χ1v) is 4.83. The molecule has 0 spiro atoms. The van der Waals surface area contributed by atoms with Crippen molar-refractivity contribution in [3.8, 4) is 0 Å². The number of allylic oxidation sites excluding steroid dienone is 1. The molecule has 0 aliphatic carbocycles. The summed E-state index contributed by atoms with van der Waals surface area (Å²) in [7, 11) is 1.64. The smallest absolute Gasteiger partial charge is 0.271 e. The first-order valence-electron chi connectivity index (χ1n) is 4.46. The monoisotopic (exact) mass is 241 g/mol. The van der Waals surface area contributed by atoms with E-state index < -0.39 is 5.56 Å². The highest BCUT2D eigenvalue weighted by molar-refractivity contribution is 6.30. The van der Waals surface area contributed by atoms with Gasteiger partial charge in [0.2, 0.25) is 5.95 Å². The second-order valence-corrected chi connectivity index (χ2v) is 3.33. The number of nitrogens with one attached hydrogen (secondary N) is 2. The van der Waals surface area contributed by atoms with E-state index in [0.717, 1.165) is 0 Å². The average Bonchev–Trinajstić information content (AvgIpc) is 2.29. The van der Waals surface area contributed by atoms with Crippen molar-refractivity contribution in [3.63, 3.8) is 0 Å². The summed E-state index contributed by atoms with van der Waals surface area (Å²) in [5.74, 6) is 0.258. The molecule has 0 bridgehead atoms. The van der Waals surface area contributed by atoms with Crippen LogP contribution in [0.5, 0.6) is 0 Å². The Morgan fingerprint density at radius 3 is 2.94 bits per heavy atom. The molecule has 16 heavy (non-hydrogen) atoms. The number of hydrogen-bond donors (Lipinski definition) is 3. The molecule has 0 radical (unpaired) electrons. The summed E-state index contributed by atoms with van der Waals surface area (Å²) in [4.78, 5) is 21.5. The third-order valence-electron chi connectivity index (χ3n) is 1.90. The van der Waals surface area contributed by atoms with Crippen LogP contribution in [-0.2, 0) is 0 Å². The molecule has 0 aliphatic rings. The molecule has 4 N–H and O–H groups in total. The van der Waals surface area contributed by atoms with Gasteiger partial charge in [0.15, 0.2) is 0 Å². The van der Waals surface area contributed by atoms with Crippen LogP contribution in [0.25, 0.3) is 0 Å². The molecule has 0 amide bonds. The van der Waals surface area contributed by atoms with E-state index in [1.807, 2.05) is 0 Å². The molecule has 0 saturated heterocycles. The second kappa shape index (κ2) is 5.32. The van der Waals surface area contributed by atoms with Crippen molar-refractivity contribution in [2.24, 2.45) is 10.7 Å². The van der Waals surface area contributed by atoms with Crippen LogP contribution >= 0.6 is 11.6 Å². The largest absolute Gasteiger partial charge is 0.403 e. The number of rotatable bonds is 3. The first-order chi connectivity index (χ1) is 7.58. The normalized spacial score (nSPS) is 12.7. The lowest BCUT2D eigenvalue weighted by Gasteiger charge is -2.08. The summed E-state index contributed by atoms with van der Waals surface area (Å²) in [6.07, 6.45) is 2.60. The standard InChI is InChI=1S/C9H12ClN5O/c1-5(12-2)7(3-11)14-9-13-4-6(10)8(16)15-9/h3-4H,11H2,1-2H3,(H2,13,14,15,16). The topological polar surface area (TPSA) is 96.2 Å². The van der Waals surface area contributed by atoms with E-state index in [1.54, 1.807) is 14.0 Å². The molecule has 1 heterocycles. The van der Waals surface area contributed by atoms with E-state index in [-0.39, 0.29) is 11.0 Å². The lowest BCUT2D eigenvalue weighted by atomic mass is 10.3. The minimum absolute atomic E-state index is 0.0321. The van der Waals surface area contributed by atoms with E-state index in [0.29, 0.717) is 11.4 Å². The molecule has 0 atom stereocenters. The van der Waals surface area contributed by atoms with Gasteiger partial charge in [0.25, 0.3) is 5.56 Å². The van der Waals surface area contributed by atoms with Crippen LogP contribution in [-0.4, -0.2) is 22.7 Å². The number of hydrogen-bond acceptors (Lipinski definition) is 5. The molecule has 1 aromatic rings. The zero-order valence-electron chi connectivity index (χ0n) is 8.91. The van der Waals surface area contributed by atoms with Crippen LogP contribution in [0.15, 0.2) is 27.9 Å². The highest BCUT2D eigenvalue weighted by Gasteiger charge is 2.04. The molecule has 1 rings (SSSR count).